The summed E-state index contributed by atoms with van der Waals surface area (Å²) < 4.78 is 1.10. The summed E-state index contributed by atoms with van der Waals surface area (Å²) >= 11 is 3.53. The fourth-order valence-corrected chi connectivity index (χ4v) is 3.10. The molecule has 0 saturated heterocycles. The van der Waals surface area contributed by atoms with Gasteiger partial charge in [-0.3, -0.25) is 4.79 Å². The predicted octanol–water partition coefficient (Wildman–Crippen LogP) is 3.13. The van der Waals surface area contributed by atoms with E-state index < -0.39 is 0 Å². The molecule has 78 valence electrons. The summed E-state index contributed by atoms with van der Waals surface area (Å²) in [5, 5.41) is 3.00. The lowest BCUT2D eigenvalue weighted by molar-refractivity contribution is -0.123. The topological polar surface area (TPSA) is 29.1 Å². The first-order valence-corrected chi connectivity index (χ1v) is 6.05. The summed E-state index contributed by atoms with van der Waals surface area (Å²) in [6.45, 7) is 2.09. The van der Waals surface area contributed by atoms with E-state index >= 15 is 0 Å². The van der Waals surface area contributed by atoms with Crippen molar-refractivity contribution >= 4 is 27.5 Å². The van der Waals surface area contributed by atoms with E-state index in [-0.39, 0.29) is 11.3 Å². The van der Waals surface area contributed by atoms with Gasteiger partial charge in [0.25, 0.3) is 0 Å². The van der Waals surface area contributed by atoms with Crippen molar-refractivity contribution in [1.29, 1.82) is 0 Å². The van der Waals surface area contributed by atoms with Gasteiger partial charge < -0.3 is 5.32 Å². The normalized spacial score (nSPS) is 21.1. The Morgan fingerprint density at radius 3 is 2.73 bits per heavy atom. The highest BCUT2D eigenvalue weighted by Crippen LogP contribution is 2.53. The van der Waals surface area contributed by atoms with Crippen LogP contribution in [-0.4, -0.2) is 5.91 Å². The molecule has 0 bridgehead atoms. The molecule has 1 spiro atoms. The van der Waals surface area contributed by atoms with Gasteiger partial charge in [-0.25, -0.2) is 0 Å². The molecule has 0 radical (unpaired) electrons. The van der Waals surface area contributed by atoms with Crippen LogP contribution in [0.25, 0.3) is 0 Å². The minimum Gasteiger partial charge on any atom is -0.325 e. The van der Waals surface area contributed by atoms with Crippen LogP contribution in [0.3, 0.4) is 0 Å². The molecule has 1 aliphatic heterocycles. The van der Waals surface area contributed by atoms with Crippen LogP contribution in [0, 0.1) is 6.92 Å². The number of hydrogen-bond acceptors (Lipinski definition) is 1. The fraction of sp³-hybridized carbons (Fsp3) is 0.417. The fourth-order valence-electron chi connectivity index (χ4n) is 2.77. The summed E-state index contributed by atoms with van der Waals surface area (Å²) in [4.78, 5) is 12.0. The van der Waals surface area contributed by atoms with Crippen molar-refractivity contribution in [2.45, 2.75) is 31.6 Å². The van der Waals surface area contributed by atoms with Gasteiger partial charge in [-0.2, -0.15) is 0 Å². The van der Waals surface area contributed by atoms with E-state index in [1.807, 2.05) is 12.1 Å². The van der Waals surface area contributed by atoms with Crippen LogP contribution in [0.2, 0.25) is 0 Å². The lowest BCUT2D eigenvalue weighted by atomic mass is 9.64. The SMILES string of the molecule is Cc1c(Br)ccc2c1C1(CCC1)C(=O)N2. The molecular formula is C12H12BrNO. The largest absolute Gasteiger partial charge is 0.325 e. The van der Waals surface area contributed by atoms with Gasteiger partial charge in [0.05, 0.1) is 5.41 Å². The van der Waals surface area contributed by atoms with Crippen molar-refractivity contribution in [3.8, 4) is 0 Å². The molecule has 2 nitrogen and oxygen atoms in total. The molecule has 0 unspecified atom stereocenters. The monoisotopic (exact) mass is 265 g/mol. The molecule has 2 aliphatic rings. The van der Waals surface area contributed by atoms with Crippen LogP contribution in [0.15, 0.2) is 16.6 Å². The van der Waals surface area contributed by atoms with Gasteiger partial charge in [0.15, 0.2) is 0 Å². The predicted molar refractivity (Wildman–Crippen MR) is 63.0 cm³/mol. The van der Waals surface area contributed by atoms with Gasteiger partial charge in [-0.1, -0.05) is 22.4 Å². The number of anilines is 1. The van der Waals surface area contributed by atoms with Crippen LogP contribution in [0.5, 0.6) is 0 Å². The Labute approximate surface area is 97.2 Å². The molecule has 1 heterocycles. The summed E-state index contributed by atoms with van der Waals surface area (Å²) in [5.74, 6) is 0.199. The third-order valence-corrected chi connectivity index (χ3v) is 4.63. The second kappa shape index (κ2) is 2.85. The second-order valence-electron chi connectivity index (χ2n) is 4.48. The number of amides is 1. The Kier molecular flexibility index (Phi) is 1.78. The molecule has 15 heavy (non-hydrogen) atoms. The standard InChI is InChI=1S/C12H12BrNO/c1-7-8(13)3-4-9-10(7)12(5-2-6-12)11(15)14-9/h3-4H,2,5-6H2,1H3,(H,14,15). The van der Waals surface area contributed by atoms with E-state index in [4.69, 9.17) is 0 Å². The van der Waals surface area contributed by atoms with Crippen molar-refractivity contribution in [3.63, 3.8) is 0 Å². The van der Waals surface area contributed by atoms with Gasteiger partial charge in [0.1, 0.15) is 0 Å². The van der Waals surface area contributed by atoms with Crippen LogP contribution in [0.1, 0.15) is 30.4 Å². The van der Waals surface area contributed by atoms with E-state index in [0.717, 1.165) is 23.0 Å². The number of carbonyl (C=O) groups is 1. The zero-order valence-electron chi connectivity index (χ0n) is 8.56. The number of rotatable bonds is 0. The third-order valence-electron chi connectivity index (χ3n) is 3.77. The highest BCUT2D eigenvalue weighted by molar-refractivity contribution is 9.10. The number of nitrogens with one attached hydrogen (secondary N) is 1. The molecule has 3 rings (SSSR count). The third kappa shape index (κ3) is 1.02. The van der Waals surface area contributed by atoms with E-state index in [2.05, 4.69) is 28.2 Å². The first-order chi connectivity index (χ1) is 7.15. The Balaban J connectivity index is 2.27. The van der Waals surface area contributed by atoms with Crippen LogP contribution in [0.4, 0.5) is 5.69 Å². The minimum absolute atomic E-state index is 0.191. The van der Waals surface area contributed by atoms with Crippen LogP contribution in [-0.2, 0) is 10.2 Å². The summed E-state index contributed by atoms with van der Waals surface area (Å²) in [5.41, 5.74) is 3.27. The average Bonchev–Trinajstić information content (AvgIpc) is 2.44. The Hall–Kier alpha value is -0.830. The van der Waals surface area contributed by atoms with Gasteiger partial charge in [0, 0.05) is 10.2 Å². The smallest absolute Gasteiger partial charge is 0.235 e. The molecule has 0 atom stereocenters. The summed E-state index contributed by atoms with van der Waals surface area (Å²) in [6, 6.07) is 4.00. The molecule has 1 aromatic carbocycles. The van der Waals surface area contributed by atoms with E-state index in [0.29, 0.717) is 0 Å². The van der Waals surface area contributed by atoms with E-state index in [1.54, 1.807) is 0 Å². The minimum atomic E-state index is -0.191. The highest BCUT2D eigenvalue weighted by atomic mass is 79.9. The van der Waals surface area contributed by atoms with Crippen molar-refractivity contribution in [2.75, 3.05) is 5.32 Å². The Morgan fingerprint density at radius 1 is 1.40 bits per heavy atom. The summed E-state index contributed by atoms with van der Waals surface area (Å²) in [7, 11) is 0. The number of fused-ring (bicyclic) bond motifs is 2. The molecule has 0 aromatic heterocycles. The number of hydrogen-bond donors (Lipinski definition) is 1. The molecule has 1 amide bonds. The Morgan fingerprint density at radius 2 is 2.13 bits per heavy atom. The lowest BCUT2D eigenvalue weighted by Crippen LogP contribution is -2.41. The van der Waals surface area contributed by atoms with Gasteiger partial charge >= 0.3 is 0 Å². The molecule has 1 fully saturated rings. The van der Waals surface area contributed by atoms with Crippen molar-refractivity contribution < 1.29 is 4.79 Å². The molecule has 1 N–H and O–H groups in total. The quantitative estimate of drug-likeness (QED) is 0.768. The van der Waals surface area contributed by atoms with Crippen LogP contribution < -0.4 is 5.32 Å². The second-order valence-corrected chi connectivity index (χ2v) is 5.34. The number of benzene rings is 1. The van der Waals surface area contributed by atoms with E-state index in [9.17, 15) is 4.79 Å². The van der Waals surface area contributed by atoms with E-state index in [1.165, 1.54) is 17.5 Å². The van der Waals surface area contributed by atoms with Gasteiger partial charge in [-0.15, -0.1) is 0 Å². The average molecular weight is 266 g/mol. The lowest BCUT2D eigenvalue weighted by Gasteiger charge is -2.37. The number of carbonyl (C=O) groups excluding carboxylic acids is 1. The molecule has 1 saturated carbocycles. The molecule has 3 heteroatoms. The van der Waals surface area contributed by atoms with Crippen molar-refractivity contribution in [2.24, 2.45) is 0 Å². The zero-order chi connectivity index (χ0) is 10.6. The first-order valence-electron chi connectivity index (χ1n) is 5.26. The number of halogens is 1. The zero-order valence-corrected chi connectivity index (χ0v) is 10.1. The highest BCUT2D eigenvalue weighted by Gasteiger charge is 2.51. The maximum atomic E-state index is 12.0. The van der Waals surface area contributed by atoms with Crippen molar-refractivity contribution in [1.82, 2.24) is 0 Å². The van der Waals surface area contributed by atoms with Crippen LogP contribution >= 0.6 is 15.9 Å². The maximum absolute atomic E-state index is 12.0. The van der Waals surface area contributed by atoms with Crippen molar-refractivity contribution in [3.05, 3.63) is 27.7 Å². The van der Waals surface area contributed by atoms with Gasteiger partial charge in [0.2, 0.25) is 5.91 Å². The maximum Gasteiger partial charge on any atom is 0.235 e. The Bertz CT molecular complexity index is 463. The summed E-state index contributed by atoms with van der Waals surface area (Å²) in [6.07, 6.45) is 3.17. The molecule has 1 aromatic rings. The van der Waals surface area contributed by atoms with Gasteiger partial charge in [-0.05, 0) is 43.0 Å². The first kappa shape index (κ1) is 9.40. The molecule has 1 aliphatic carbocycles. The molecular weight excluding hydrogens is 254 g/mol.